The number of carbonyl (C=O) groups excluding carboxylic acids is 1. The summed E-state index contributed by atoms with van der Waals surface area (Å²) < 4.78 is 25.0. The number of anilines is 2. The summed E-state index contributed by atoms with van der Waals surface area (Å²) in [5.41, 5.74) is 3.88. The Balaban J connectivity index is 1.78. The second kappa shape index (κ2) is 9.78. The fourth-order valence-electron chi connectivity index (χ4n) is 3.87. The van der Waals surface area contributed by atoms with Gasteiger partial charge in [0, 0.05) is 30.1 Å². The minimum Gasteiger partial charge on any atom is -0.493 e. The summed E-state index contributed by atoms with van der Waals surface area (Å²) >= 11 is 0. The average Bonchev–Trinajstić information content (AvgIpc) is 3.00. The van der Waals surface area contributed by atoms with Gasteiger partial charge in [0.15, 0.2) is 23.1 Å². The maximum atomic E-state index is 14.0. The minimum absolute atomic E-state index is 0.142. The van der Waals surface area contributed by atoms with Crippen molar-refractivity contribution < 1.29 is 18.7 Å². The maximum absolute atomic E-state index is 14.0. The molecule has 2 N–H and O–H groups in total. The van der Waals surface area contributed by atoms with Gasteiger partial charge in [-0.15, -0.1) is 0 Å². The van der Waals surface area contributed by atoms with Crippen molar-refractivity contribution in [1.82, 2.24) is 15.3 Å². The molecule has 2 aromatic carbocycles. The highest BCUT2D eigenvalue weighted by atomic mass is 19.1. The first-order valence-corrected chi connectivity index (χ1v) is 10.8. The van der Waals surface area contributed by atoms with E-state index >= 15 is 0 Å². The molecule has 176 valence electrons. The predicted molar refractivity (Wildman–Crippen MR) is 129 cm³/mol. The summed E-state index contributed by atoms with van der Waals surface area (Å²) in [7, 11) is 4.74. The van der Waals surface area contributed by atoms with Gasteiger partial charge in [-0.3, -0.25) is 0 Å². The van der Waals surface area contributed by atoms with Gasteiger partial charge in [0.1, 0.15) is 0 Å². The molecule has 2 amide bonds. The van der Waals surface area contributed by atoms with Gasteiger partial charge >= 0.3 is 6.03 Å². The molecule has 8 nitrogen and oxygen atoms in total. The van der Waals surface area contributed by atoms with E-state index in [0.29, 0.717) is 29.3 Å². The van der Waals surface area contributed by atoms with Crippen molar-refractivity contribution in [1.29, 1.82) is 0 Å². The van der Waals surface area contributed by atoms with E-state index in [0.717, 1.165) is 16.7 Å². The molecule has 1 atom stereocenters. The number of amides is 2. The molecule has 0 fully saturated rings. The van der Waals surface area contributed by atoms with Crippen LogP contribution in [-0.2, 0) is 6.42 Å². The number of hydrogen-bond donors (Lipinski definition) is 2. The number of nitrogens with zero attached hydrogens (tertiary/aromatic N) is 3. The number of fused-ring (bicyclic) bond motifs is 1. The molecule has 34 heavy (non-hydrogen) atoms. The van der Waals surface area contributed by atoms with Crippen LogP contribution >= 0.6 is 0 Å². The Morgan fingerprint density at radius 2 is 1.82 bits per heavy atom. The molecule has 0 saturated heterocycles. The highest BCUT2D eigenvalue weighted by Crippen LogP contribution is 2.34. The van der Waals surface area contributed by atoms with E-state index < -0.39 is 5.82 Å². The van der Waals surface area contributed by atoms with Crippen molar-refractivity contribution in [2.45, 2.75) is 19.4 Å². The smallest absolute Gasteiger partial charge is 0.337 e. The number of halogens is 1. The highest BCUT2D eigenvalue weighted by Gasteiger charge is 2.28. The minimum atomic E-state index is -0.440. The Kier molecular flexibility index (Phi) is 6.62. The maximum Gasteiger partial charge on any atom is 0.337 e. The Morgan fingerprint density at radius 1 is 1.12 bits per heavy atom. The lowest BCUT2D eigenvalue weighted by Gasteiger charge is -2.22. The molecular weight excluding hydrogens is 437 g/mol. The molecule has 0 spiro atoms. The van der Waals surface area contributed by atoms with Crippen LogP contribution in [0.4, 0.5) is 20.7 Å². The highest BCUT2D eigenvalue weighted by molar-refractivity contribution is 6.14. The quantitative estimate of drug-likeness (QED) is 0.588. The van der Waals surface area contributed by atoms with Crippen molar-refractivity contribution in [3.05, 3.63) is 77.2 Å². The van der Waals surface area contributed by atoms with Gasteiger partial charge in [0.2, 0.25) is 0 Å². The van der Waals surface area contributed by atoms with E-state index in [-0.39, 0.29) is 17.9 Å². The van der Waals surface area contributed by atoms with Crippen LogP contribution < -0.4 is 20.1 Å². The average molecular weight is 464 g/mol. The molecule has 1 aliphatic rings. The number of ether oxygens (including phenoxy) is 2. The molecule has 0 bridgehead atoms. The molecule has 1 unspecified atom stereocenters. The Hall–Kier alpha value is -4.14. The van der Waals surface area contributed by atoms with E-state index in [2.05, 4.69) is 15.6 Å². The zero-order chi connectivity index (χ0) is 24.2. The summed E-state index contributed by atoms with van der Waals surface area (Å²) in [6.45, 7) is 1.94. The molecule has 0 radical (unpaired) electrons. The lowest BCUT2D eigenvalue weighted by Crippen LogP contribution is -2.41. The Bertz CT molecular complexity index is 1230. The van der Waals surface area contributed by atoms with E-state index in [1.54, 1.807) is 21.3 Å². The van der Waals surface area contributed by atoms with Crippen molar-refractivity contribution in [2.24, 2.45) is 5.10 Å². The molecular formula is C25H26FN5O3. The summed E-state index contributed by atoms with van der Waals surface area (Å²) in [6.07, 6.45) is 2.10. The van der Waals surface area contributed by atoms with Gasteiger partial charge in [-0.1, -0.05) is 12.1 Å². The molecule has 9 heteroatoms. The summed E-state index contributed by atoms with van der Waals surface area (Å²) in [4.78, 5) is 16.6. The molecule has 0 saturated carbocycles. The fraction of sp³-hybridized carbons (Fsp3) is 0.240. The molecule has 1 aromatic heterocycles. The second-order valence-electron chi connectivity index (χ2n) is 7.80. The molecule has 3 aromatic rings. The van der Waals surface area contributed by atoms with E-state index in [1.807, 2.05) is 43.3 Å². The number of hydrazone groups is 1. The second-order valence-corrected chi connectivity index (χ2v) is 7.80. The number of carbonyl (C=O) groups is 1. The van der Waals surface area contributed by atoms with Gasteiger partial charge in [-0.05, 0) is 55.3 Å². The van der Waals surface area contributed by atoms with Crippen LogP contribution in [0.3, 0.4) is 0 Å². The van der Waals surface area contributed by atoms with Gasteiger partial charge in [-0.25, -0.2) is 19.2 Å². The first kappa shape index (κ1) is 23.0. The van der Waals surface area contributed by atoms with E-state index in [4.69, 9.17) is 14.6 Å². The van der Waals surface area contributed by atoms with Crippen LogP contribution in [0.25, 0.3) is 0 Å². The fourth-order valence-corrected chi connectivity index (χ4v) is 3.87. The van der Waals surface area contributed by atoms with Gasteiger partial charge in [-0.2, -0.15) is 5.10 Å². The number of urea groups is 1. The number of methoxy groups -OCH3 is 2. The molecule has 1 aliphatic heterocycles. The van der Waals surface area contributed by atoms with Crippen molar-refractivity contribution >= 4 is 23.2 Å². The predicted octanol–water partition coefficient (Wildman–Crippen LogP) is 4.32. The van der Waals surface area contributed by atoms with Crippen LogP contribution in [0, 0.1) is 5.82 Å². The van der Waals surface area contributed by atoms with Gasteiger partial charge < -0.3 is 20.1 Å². The van der Waals surface area contributed by atoms with Crippen LogP contribution in [0.5, 0.6) is 11.5 Å². The number of rotatable bonds is 5. The summed E-state index contributed by atoms with van der Waals surface area (Å²) in [5.74, 6) is 0.880. The van der Waals surface area contributed by atoms with Crippen molar-refractivity contribution in [3.63, 3.8) is 0 Å². The van der Waals surface area contributed by atoms with Crippen molar-refractivity contribution in [3.8, 4) is 11.5 Å². The third kappa shape index (κ3) is 4.50. The number of hydrogen-bond acceptors (Lipinski definition) is 6. The topological polar surface area (TPSA) is 88.1 Å². The van der Waals surface area contributed by atoms with Crippen LogP contribution in [0.15, 0.2) is 59.8 Å². The molecule has 4 rings (SSSR count). The number of pyridine rings is 1. The summed E-state index contributed by atoms with van der Waals surface area (Å²) in [5, 5.41) is 11.8. The monoisotopic (exact) mass is 463 g/mol. The molecule has 2 heterocycles. The zero-order valence-corrected chi connectivity index (χ0v) is 19.4. The standard InChI is InChI=1S/C25H26FN5O3/c1-15-12-17-13-21(33-3)22(34-4)14-19(17)23(30-31(15)25(32)27-2)16-7-9-18(10-8-16)29-24-20(26)6-5-11-28-24/h5-11,13-15H,12H2,1-4H3,(H,27,32)(H,28,29). The van der Waals surface area contributed by atoms with Crippen molar-refractivity contribution in [2.75, 3.05) is 26.6 Å². The molecule has 0 aliphatic carbocycles. The Morgan fingerprint density at radius 3 is 2.47 bits per heavy atom. The first-order valence-electron chi connectivity index (χ1n) is 10.8. The van der Waals surface area contributed by atoms with E-state index in [1.165, 1.54) is 23.3 Å². The number of nitrogens with one attached hydrogen (secondary N) is 2. The van der Waals surface area contributed by atoms with Crippen LogP contribution in [0.1, 0.15) is 23.6 Å². The largest absolute Gasteiger partial charge is 0.493 e. The van der Waals surface area contributed by atoms with Gasteiger partial charge in [0.05, 0.1) is 26.0 Å². The number of aromatic nitrogens is 1. The summed E-state index contributed by atoms with van der Waals surface area (Å²) in [6, 6.07) is 13.5. The zero-order valence-electron chi connectivity index (χ0n) is 19.4. The first-order chi connectivity index (χ1) is 16.4. The normalized spacial score (nSPS) is 15.0. The Labute approximate surface area is 197 Å². The van der Waals surface area contributed by atoms with Gasteiger partial charge in [0.25, 0.3) is 0 Å². The third-order valence-corrected chi connectivity index (χ3v) is 5.61. The number of benzene rings is 2. The lowest BCUT2D eigenvalue weighted by atomic mass is 9.94. The van der Waals surface area contributed by atoms with E-state index in [9.17, 15) is 9.18 Å². The van der Waals surface area contributed by atoms with Crippen LogP contribution in [0.2, 0.25) is 0 Å². The third-order valence-electron chi connectivity index (χ3n) is 5.61. The van der Waals surface area contributed by atoms with Crippen LogP contribution in [-0.4, -0.2) is 49.0 Å². The lowest BCUT2D eigenvalue weighted by molar-refractivity contribution is 0.184. The SMILES string of the molecule is CNC(=O)N1N=C(c2ccc(Nc3ncccc3F)cc2)c2cc(OC)c(OC)cc2CC1C.